The number of halogens is 1. The molecule has 0 spiro atoms. The first-order chi connectivity index (χ1) is 12.5. The lowest BCUT2D eigenvalue weighted by Gasteiger charge is -2.04. The highest BCUT2D eigenvalue weighted by Gasteiger charge is 2.08. The van der Waals surface area contributed by atoms with Crippen LogP contribution >= 0.6 is 11.8 Å². The zero-order chi connectivity index (χ0) is 18.5. The standard InChI is InChI=1S/C16H12FN5O3S/c17-10-3-1-9(2-4-10)11-5-6-14(22-21-11)26-8-13(23)19-12-7-18-16(25)20-15(12)24/h1-7H,8H2,(H,19,23)(H2,18,20,24,25). The lowest BCUT2D eigenvalue weighted by Crippen LogP contribution is -2.27. The van der Waals surface area contributed by atoms with Crippen LogP contribution in [0.2, 0.25) is 0 Å². The van der Waals surface area contributed by atoms with Gasteiger partial charge in [-0.1, -0.05) is 11.8 Å². The first kappa shape index (κ1) is 17.5. The van der Waals surface area contributed by atoms with E-state index in [0.29, 0.717) is 10.7 Å². The lowest BCUT2D eigenvalue weighted by molar-refractivity contribution is -0.113. The van der Waals surface area contributed by atoms with Crippen LogP contribution in [0.25, 0.3) is 11.3 Å². The summed E-state index contributed by atoms with van der Waals surface area (Å²) < 4.78 is 12.9. The number of rotatable bonds is 5. The van der Waals surface area contributed by atoms with Gasteiger partial charge in [0, 0.05) is 11.8 Å². The van der Waals surface area contributed by atoms with Gasteiger partial charge in [0.25, 0.3) is 5.56 Å². The van der Waals surface area contributed by atoms with Crippen LogP contribution in [-0.2, 0) is 4.79 Å². The summed E-state index contributed by atoms with van der Waals surface area (Å²) >= 11 is 1.13. The minimum absolute atomic E-state index is 0.00312. The molecule has 0 atom stereocenters. The minimum atomic E-state index is -0.685. The Hall–Kier alpha value is -3.27. The van der Waals surface area contributed by atoms with Gasteiger partial charge in [-0.15, -0.1) is 10.2 Å². The highest BCUT2D eigenvalue weighted by Crippen LogP contribution is 2.20. The number of benzene rings is 1. The zero-order valence-electron chi connectivity index (χ0n) is 13.2. The highest BCUT2D eigenvalue weighted by atomic mass is 32.2. The fourth-order valence-electron chi connectivity index (χ4n) is 2.00. The Morgan fingerprint density at radius 3 is 2.54 bits per heavy atom. The summed E-state index contributed by atoms with van der Waals surface area (Å²) in [5.74, 6) is -0.762. The number of carbonyl (C=O) groups excluding carboxylic acids is 1. The summed E-state index contributed by atoms with van der Waals surface area (Å²) in [6, 6.07) is 9.28. The Kier molecular flexibility index (Phi) is 5.23. The molecule has 0 bridgehead atoms. The second kappa shape index (κ2) is 7.74. The van der Waals surface area contributed by atoms with Gasteiger partial charge >= 0.3 is 5.69 Å². The number of amides is 1. The number of hydrogen-bond donors (Lipinski definition) is 3. The third-order valence-corrected chi connectivity index (χ3v) is 4.14. The molecule has 1 amide bonds. The Bertz CT molecular complexity index is 1030. The quantitative estimate of drug-likeness (QED) is 0.581. The van der Waals surface area contributed by atoms with Crippen LogP contribution in [-0.4, -0.2) is 31.8 Å². The summed E-state index contributed by atoms with van der Waals surface area (Å²) in [5.41, 5.74) is -0.0774. The fraction of sp³-hybridized carbons (Fsp3) is 0.0625. The molecule has 3 aromatic rings. The van der Waals surface area contributed by atoms with E-state index in [2.05, 4.69) is 20.5 Å². The highest BCUT2D eigenvalue weighted by molar-refractivity contribution is 7.99. The van der Waals surface area contributed by atoms with Gasteiger partial charge in [0.15, 0.2) is 0 Å². The van der Waals surface area contributed by atoms with E-state index in [1.54, 1.807) is 24.3 Å². The van der Waals surface area contributed by atoms with Crippen molar-refractivity contribution >= 4 is 23.4 Å². The normalized spacial score (nSPS) is 10.5. The number of H-pyrrole nitrogens is 2. The van der Waals surface area contributed by atoms with Gasteiger partial charge in [0.2, 0.25) is 5.91 Å². The molecule has 0 radical (unpaired) electrons. The molecule has 0 aliphatic heterocycles. The van der Waals surface area contributed by atoms with Crippen molar-refractivity contribution in [3.05, 3.63) is 69.3 Å². The van der Waals surface area contributed by atoms with Crippen molar-refractivity contribution in [2.45, 2.75) is 5.03 Å². The van der Waals surface area contributed by atoms with Crippen LogP contribution < -0.4 is 16.6 Å². The average molecular weight is 373 g/mol. The van der Waals surface area contributed by atoms with Crippen molar-refractivity contribution in [1.82, 2.24) is 20.2 Å². The third-order valence-electron chi connectivity index (χ3n) is 3.22. The molecule has 132 valence electrons. The molecule has 10 heteroatoms. The zero-order valence-corrected chi connectivity index (χ0v) is 14.0. The number of aromatic nitrogens is 4. The first-order valence-corrected chi connectivity index (χ1v) is 8.34. The van der Waals surface area contributed by atoms with Crippen molar-refractivity contribution in [2.24, 2.45) is 0 Å². The van der Waals surface area contributed by atoms with Crippen LogP contribution in [0, 0.1) is 5.82 Å². The van der Waals surface area contributed by atoms with E-state index in [0.717, 1.165) is 23.5 Å². The number of thioether (sulfide) groups is 1. The molecule has 0 aliphatic carbocycles. The molecule has 0 aliphatic rings. The van der Waals surface area contributed by atoms with E-state index < -0.39 is 17.2 Å². The van der Waals surface area contributed by atoms with Crippen molar-refractivity contribution in [2.75, 3.05) is 11.1 Å². The predicted molar refractivity (Wildman–Crippen MR) is 94.5 cm³/mol. The maximum Gasteiger partial charge on any atom is 0.325 e. The van der Waals surface area contributed by atoms with Crippen molar-refractivity contribution in [3.8, 4) is 11.3 Å². The molecule has 0 saturated carbocycles. The van der Waals surface area contributed by atoms with Crippen LogP contribution in [0.1, 0.15) is 0 Å². The fourth-order valence-corrected chi connectivity index (χ4v) is 2.61. The number of aromatic amines is 2. The van der Waals surface area contributed by atoms with Crippen LogP contribution in [0.3, 0.4) is 0 Å². The molecule has 26 heavy (non-hydrogen) atoms. The Morgan fingerprint density at radius 2 is 1.88 bits per heavy atom. The second-order valence-corrected chi connectivity index (χ2v) is 6.08. The number of nitrogens with zero attached hydrogens (tertiary/aromatic N) is 2. The van der Waals surface area contributed by atoms with Gasteiger partial charge in [-0.2, -0.15) is 0 Å². The molecular weight excluding hydrogens is 361 g/mol. The van der Waals surface area contributed by atoms with E-state index in [1.165, 1.54) is 12.1 Å². The maximum atomic E-state index is 12.9. The smallest absolute Gasteiger partial charge is 0.320 e. The Labute approximate surface area is 149 Å². The van der Waals surface area contributed by atoms with Crippen molar-refractivity contribution in [3.63, 3.8) is 0 Å². The molecule has 2 heterocycles. The largest absolute Gasteiger partial charge is 0.325 e. The molecule has 0 saturated heterocycles. The number of nitrogens with one attached hydrogen (secondary N) is 3. The monoisotopic (exact) mass is 373 g/mol. The first-order valence-electron chi connectivity index (χ1n) is 7.35. The molecule has 0 fully saturated rings. The van der Waals surface area contributed by atoms with Crippen LogP contribution in [0.5, 0.6) is 0 Å². The summed E-state index contributed by atoms with van der Waals surface area (Å²) in [5, 5.41) is 11.0. The minimum Gasteiger partial charge on any atom is -0.320 e. The topological polar surface area (TPSA) is 121 Å². The van der Waals surface area contributed by atoms with Crippen molar-refractivity contribution in [1.29, 1.82) is 0 Å². The number of hydrogen-bond acceptors (Lipinski definition) is 6. The molecule has 1 aromatic carbocycles. The van der Waals surface area contributed by atoms with E-state index in [-0.39, 0.29) is 17.3 Å². The molecular formula is C16H12FN5O3S. The summed E-state index contributed by atoms with van der Waals surface area (Å²) in [7, 11) is 0. The summed E-state index contributed by atoms with van der Waals surface area (Å²) in [4.78, 5) is 38.6. The Morgan fingerprint density at radius 1 is 1.12 bits per heavy atom. The Balaban J connectivity index is 1.59. The molecule has 3 N–H and O–H groups in total. The van der Waals surface area contributed by atoms with Gasteiger partial charge in [0.1, 0.15) is 16.5 Å². The van der Waals surface area contributed by atoms with Gasteiger partial charge in [-0.3, -0.25) is 14.6 Å². The third kappa shape index (κ3) is 4.42. The van der Waals surface area contributed by atoms with Crippen LogP contribution in [0.4, 0.5) is 10.1 Å². The molecule has 2 aromatic heterocycles. The average Bonchev–Trinajstić information content (AvgIpc) is 2.63. The van der Waals surface area contributed by atoms with Crippen LogP contribution in [0.15, 0.2) is 57.2 Å². The number of anilines is 1. The maximum absolute atomic E-state index is 12.9. The molecule has 3 rings (SSSR count). The van der Waals surface area contributed by atoms with Gasteiger partial charge in [-0.05, 0) is 36.4 Å². The summed E-state index contributed by atoms with van der Waals surface area (Å²) in [6.07, 6.45) is 1.13. The van der Waals surface area contributed by atoms with Gasteiger partial charge in [-0.25, -0.2) is 9.18 Å². The lowest BCUT2D eigenvalue weighted by atomic mass is 10.1. The molecule has 0 unspecified atom stereocenters. The SMILES string of the molecule is O=C(CSc1ccc(-c2ccc(F)cc2)nn1)Nc1c[nH]c(=O)[nH]c1=O. The second-order valence-electron chi connectivity index (χ2n) is 5.09. The molecule has 8 nitrogen and oxygen atoms in total. The van der Waals surface area contributed by atoms with Gasteiger partial charge in [0.05, 0.1) is 11.4 Å². The van der Waals surface area contributed by atoms with E-state index in [4.69, 9.17) is 0 Å². The summed E-state index contributed by atoms with van der Waals surface area (Å²) in [6.45, 7) is 0. The number of carbonyl (C=O) groups is 1. The predicted octanol–water partition coefficient (Wildman–Crippen LogP) is 1.39. The van der Waals surface area contributed by atoms with E-state index in [1.807, 2.05) is 4.98 Å². The van der Waals surface area contributed by atoms with E-state index >= 15 is 0 Å². The van der Waals surface area contributed by atoms with Gasteiger partial charge < -0.3 is 10.3 Å². The van der Waals surface area contributed by atoms with Crippen molar-refractivity contribution < 1.29 is 9.18 Å². The van der Waals surface area contributed by atoms with E-state index in [9.17, 15) is 18.8 Å².